The average Bonchev–Trinajstić information content (AvgIpc) is 2.88. The van der Waals surface area contributed by atoms with E-state index in [9.17, 15) is 0 Å². The molecular formula is C38H78. The van der Waals surface area contributed by atoms with Crippen LogP contribution in [-0.4, -0.2) is 0 Å². The van der Waals surface area contributed by atoms with Crippen LogP contribution in [0.4, 0.5) is 0 Å². The van der Waals surface area contributed by atoms with Crippen molar-refractivity contribution in [2.45, 2.75) is 221 Å². The van der Waals surface area contributed by atoms with Crippen LogP contribution in [0.3, 0.4) is 0 Å². The van der Waals surface area contributed by atoms with Crippen LogP contribution in [0, 0.1) is 23.7 Å². The maximum Gasteiger partial charge on any atom is -0.0443 e. The van der Waals surface area contributed by atoms with E-state index in [1.165, 1.54) is 180 Å². The Morgan fingerprint density at radius 3 is 0.789 bits per heavy atom. The SMILES string of the molecule is CCCCCCCCCCCCCCCCC(C)CCCC(C)CCCC(C)CCCCCCCC(C)C. The van der Waals surface area contributed by atoms with Crippen molar-refractivity contribution in [2.24, 2.45) is 23.7 Å². The third-order valence-electron chi connectivity index (χ3n) is 9.32. The van der Waals surface area contributed by atoms with E-state index in [2.05, 4.69) is 41.5 Å². The summed E-state index contributed by atoms with van der Waals surface area (Å²) in [6.45, 7) is 14.5. The lowest BCUT2D eigenvalue weighted by Crippen LogP contribution is -2.01. The molecule has 0 aliphatic rings. The van der Waals surface area contributed by atoms with E-state index in [-0.39, 0.29) is 0 Å². The zero-order valence-electron chi connectivity index (χ0n) is 28.1. The summed E-state index contributed by atoms with van der Waals surface area (Å²) < 4.78 is 0. The fraction of sp³-hybridized carbons (Fsp3) is 1.00. The maximum absolute atomic E-state index is 2.51. The molecule has 0 aromatic rings. The van der Waals surface area contributed by atoms with Gasteiger partial charge in [-0.05, 0) is 23.7 Å². The highest BCUT2D eigenvalue weighted by Crippen LogP contribution is 2.23. The van der Waals surface area contributed by atoms with Gasteiger partial charge >= 0.3 is 0 Å². The molecule has 0 fully saturated rings. The normalized spacial score (nSPS) is 14.3. The van der Waals surface area contributed by atoms with E-state index in [0.717, 1.165) is 23.7 Å². The third kappa shape index (κ3) is 30.5. The second-order valence-electron chi connectivity index (χ2n) is 14.3. The van der Waals surface area contributed by atoms with Crippen LogP contribution in [0.25, 0.3) is 0 Å². The molecule has 0 rings (SSSR count). The number of hydrogen-bond donors (Lipinski definition) is 0. The molecule has 3 atom stereocenters. The molecule has 0 amide bonds. The fourth-order valence-corrected chi connectivity index (χ4v) is 6.33. The van der Waals surface area contributed by atoms with Gasteiger partial charge in [0.05, 0.1) is 0 Å². The number of unbranched alkanes of at least 4 members (excludes halogenated alkanes) is 17. The molecule has 0 spiro atoms. The lowest BCUT2D eigenvalue weighted by atomic mass is 9.90. The predicted octanol–water partition coefficient (Wildman–Crippen LogP) is 14.5. The van der Waals surface area contributed by atoms with Gasteiger partial charge in [-0.3, -0.25) is 0 Å². The molecule has 0 radical (unpaired) electrons. The standard InChI is InChI=1S/C38H78/c1-7-8-9-10-11-12-13-14-15-16-17-18-21-24-29-36(4)31-26-33-38(6)34-27-32-37(5)30-25-22-19-20-23-28-35(2)3/h35-38H,7-34H2,1-6H3. The molecule has 0 saturated carbocycles. The maximum atomic E-state index is 2.51. The fourth-order valence-electron chi connectivity index (χ4n) is 6.33. The summed E-state index contributed by atoms with van der Waals surface area (Å²) in [7, 11) is 0. The van der Waals surface area contributed by atoms with Crippen molar-refractivity contribution in [1.29, 1.82) is 0 Å². The Balaban J connectivity index is 3.38. The second kappa shape index (κ2) is 30.0. The Morgan fingerprint density at radius 1 is 0.263 bits per heavy atom. The Bertz CT molecular complexity index is 424. The Labute approximate surface area is 244 Å². The minimum absolute atomic E-state index is 0.889. The van der Waals surface area contributed by atoms with Gasteiger partial charge < -0.3 is 0 Å². The quantitative estimate of drug-likeness (QED) is 0.0775. The highest BCUT2D eigenvalue weighted by atomic mass is 14.1. The van der Waals surface area contributed by atoms with Crippen LogP contribution in [-0.2, 0) is 0 Å². The molecule has 0 aromatic heterocycles. The molecule has 0 aliphatic heterocycles. The van der Waals surface area contributed by atoms with Crippen molar-refractivity contribution in [1.82, 2.24) is 0 Å². The van der Waals surface area contributed by atoms with Gasteiger partial charge in [0.1, 0.15) is 0 Å². The molecule has 230 valence electrons. The van der Waals surface area contributed by atoms with Crippen molar-refractivity contribution in [3.8, 4) is 0 Å². The average molecular weight is 535 g/mol. The van der Waals surface area contributed by atoms with Gasteiger partial charge in [-0.25, -0.2) is 0 Å². The van der Waals surface area contributed by atoms with Gasteiger partial charge in [0.2, 0.25) is 0 Å². The monoisotopic (exact) mass is 535 g/mol. The molecular weight excluding hydrogens is 456 g/mol. The van der Waals surface area contributed by atoms with Crippen LogP contribution >= 0.6 is 0 Å². The Hall–Kier alpha value is 0. The molecule has 3 unspecified atom stereocenters. The highest BCUT2D eigenvalue weighted by Gasteiger charge is 2.08. The van der Waals surface area contributed by atoms with Gasteiger partial charge in [0.15, 0.2) is 0 Å². The molecule has 0 aliphatic carbocycles. The van der Waals surface area contributed by atoms with Crippen molar-refractivity contribution in [2.75, 3.05) is 0 Å². The molecule has 0 bridgehead atoms. The molecule has 38 heavy (non-hydrogen) atoms. The van der Waals surface area contributed by atoms with Crippen LogP contribution < -0.4 is 0 Å². The molecule has 0 saturated heterocycles. The van der Waals surface area contributed by atoms with E-state index in [0.29, 0.717) is 0 Å². The zero-order valence-corrected chi connectivity index (χ0v) is 28.1. The Morgan fingerprint density at radius 2 is 0.500 bits per heavy atom. The first-order valence-electron chi connectivity index (χ1n) is 18.5. The summed E-state index contributed by atoms with van der Waals surface area (Å²) >= 11 is 0. The molecule has 0 heteroatoms. The van der Waals surface area contributed by atoms with E-state index in [1.807, 2.05) is 0 Å². The van der Waals surface area contributed by atoms with E-state index in [1.54, 1.807) is 0 Å². The summed E-state index contributed by atoms with van der Waals surface area (Å²) in [6, 6.07) is 0. The van der Waals surface area contributed by atoms with E-state index >= 15 is 0 Å². The summed E-state index contributed by atoms with van der Waals surface area (Å²) in [6.07, 6.45) is 41.1. The summed E-state index contributed by atoms with van der Waals surface area (Å²) in [5.41, 5.74) is 0. The minimum atomic E-state index is 0.889. The topological polar surface area (TPSA) is 0 Å². The smallest absolute Gasteiger partial charge is 0.0443 e. The van der Waals surface area contributed by atoms with Gasteiger partial charge in [-0.1, -0.05) is 221 Å². The predicted molar refractivity (Wildman–Crippen MR) is 177 cm³/mol. The van der Waals surface area contributed by atoms with Crippen molar-refractivity contribution >= 4 is 0 Å². The van der Waals surface area contributed by atoms with Crippen LogP contribution in [0.15, 0.2) is 0 Å². The first-order chi connectivity index (χ1) is 18.5. The van der Waals surface area contributed by atoms with Crippen molar-refractivity contribution in [3.63, 3.8) is 0 Å². The van der Waals surface area contributed by atoms with Crippen LogP contribution in [0.1, 0.15) is 221 Å². The highest BCUT2D eigenvalue weighted by molar-refractivity contribution is 4.61. The lowest BCUT2D eigenvalue weighted by Gasteiger charge is -2.16. The lowest BCUT2D eigenvalue weighted by molar-refractivity contribution is 0.373. The van der Waals surface area contributed by atoms with Crippen LogP contribution in [0.2, 0.25) is 0 Å². The first-order valence-corrected chi connectivity index (χ1v) is 18.5. The summed E-state index contributed by atoms with van der Waals surface area (Å²) in [4.78, 5) is 0. The van der Waals surface area contributed by atoms with Crippen molar-refractivity contribution < 1.29 is 0 Å². The zero-order chi connectivity index (χ0) is 28.1. The number of rotatable bonds is 31. The molecule has 0 heterocycles. The van der Waals surface area contributed by atoms with Gasteiger partial charge in [-0.15, -0.1) is 0 Å². The third-order valence-corrected chi connectivity index (χ3v) is 9.32. The molecule has 0 aromatic carbocycles. The summed E-state index contributed by atoms with van der Waals surface area (Å²) in [5.74, 6) is 3.73. The summed E-state index contributed by atoms with van der Waals surface area (Å²) in [5, 5.41) is 0. The van der Waals surface area contributed by atoms with Gasteiger partial charge in [-0.2, -0.15) is 0 Å². The Kier molecular flexibility index (Phi) is 30.0. The minimum Gasteiger partial charge on any atom is -0.0654 e. The van der Waals surface area contributed by atoms with Gasteiger partial charge in [0.25, 0.3) is 0 Å². The molecule has 0 nitrogen and oxygen atoms in total. The molecule has 0 N–H and O–H groups in total. The largest absolute Gasteiger partial charge is 0.0654 e. The van der Waals surface area contributed by atoms with E-state index in [4.69, 9.17) is 0 Å². The van der Waals surface area contributed by atoms with Crippen molar-refractivity contribution in [3.05, 3.63) is 0 Å². The van der Waals surface area contributed by atoms with Gasteiger partial charge in [0, 0.05) is 0 Å². The number of hydrogen-bond acceptors (Lipinski definition) is 0. The second-order valence-corrected chi connectivity index (χ2v) is 14.3. The first kappa shape index (κ1) is 38.0. The van der Waals surface area contributed by atoms with Crippen LogP contribution in [0.5, 0.6) is 0 Å². The van der Waals surface area contributed by atoms with E-state index < -0.39 is 0 Å².